The molecule has 1 saturated heterocycles. The minimum atomic E-state index is -2.93. The van der Waals surface area contributed by atoms with Crippen molar-refractivity contribution in [3.63, 3.8) is 0 Å². The summed E-state index contributed by atoms with van der Waals surface area (Å²) < 4.78 is 30.7. The molecular weight excluding hydrogens is 354 g/mol. The Morgan fingerprint density at radius 1 is 1.12 bits per heavy atom. The number of rotatable bonds is 4. The number of fused-ring (bicyclic) bond motifs is 1. The summed E-state index contributed by atoms with van der Waals surface area (Å²) >= 11 is 0. The molecule has 3 heterocycles. The molecule has 1 aromatic heterocycles. The number of benzene rings is 1. The highest BCUT2D eigenvalue weighted by atomic mass is 32.2. The molecule has 0 radical (unpaired) electrons. The fourth-order valence-corrected chi connectivity index (χ4v) is 5.01. The lowest BCUT2D eigenvalue weighted by molar-refractivity contribution is 0.0596. The summed E-state index contributed by atoms with van der Waals surface area (Å²) in [4.78, 5) is 14.7. The predicted molar refractivity (Wildman–Crippen MR) is 95.7 cm³/mol. The van der Waals surface area contributed by atoms with E-state index >= 15 is 0 Å². The van der Waals surface area contributed by atoms with Gasteiger partial charge in [-0.15, -0.1) is 0 Å². The number of aromatic nitrogens is 2. The number of para-hydroxylation sites is 1. The zero-order chi connectivity index (χ0) is 18.1. The lowest BCUT2D eigenvalue weighted by atomic mass is 10.1. The zero-order valence-electron chi connectivity index (χ0n) is 14.4. The summed E-state index contributed by atoms with van der Waals surface area (Å²) in [6, 6.07) is 11.3. The van der Waals surface area contributed by atoms with Gasteiger partial charge in [-0.25, -0.2) is 8.42 Å². The number of amides is 1. The molecule has 2 aromatic rings. The first-order chi connectivity index (χ1) is 12.5. The van der Waals surface area contributed by atoms with Crippen LogP contribution < -0.4 is 4.74 Å². The molecule has 1 aromatic carbocycles. The van der Waals surface area contributed by atoms with E-state index in [2.05, 4.69) is 5.10 Å². The molecule has 0 saturated carbocycles. The molecule has 0 atom stereocenters. The van der Waals surface area contributed by atoms with Gasteiger partial charge in [0.15, 0.2) is 0 Å². The van der Waals surface area contributed by atoms with Crippen molar-refractivity contribution in [3.8, 4) is 5.75 Å². The average Bonchev–Trinajstić information content (AvgIpc) is 3.06. The average molecular weight is 375 g/mol. The van der Waals surface area contributed by atoms with Gasteiger partial charge in [-0.05, 0) is 31.0 Å². The van der Waals surface area contributed by atoms with E-state index in [1.54, 1.807) is 10.7 Å². The number of carbonyl (C=O) groups is 1. The van der Waals surface area contributed by atoms with Crippen molar-refractivity contribution in [3.05, 3.63) is 47.8 Å². The third-order valence-electron chi connectivity index (χ3n) is 4.96. The third kappa shape index (κ3) is 3.46. The van der Waals surface area contributed by atoms with Crippen molar-refractivity contribution in [2.45, 2.75) is 32.0 Å². The molecule has 1 amide bonds. The number of hydrogen-bond donors (Lipinski definition) is 0. The van der Waals surface area contributed by atoms with Crippen LogP contribution in [0.3, 0.4) is 0 Å². The molecule has 1 fully saturated rings. The van der Waals surface area contributed by atoms with Gasteiger partial charge in [0.1, 0.15) is 33.6 Å². The van der Waals surface area contributed by atoms with Crippen molar-refractivity contribution in [2.75, 3.05) is 18.1 Å². The Bertz CT molecular complexity index is 894. The fraction of sp³-hybridized carbons (Fsp3) is 0.444. The molecule has 0 unspecified atom stereocenters. The largest absolute Gasteiger partial charge is 0.487 e. The molecular formula is C18H21N3O4S. The van der Waals surface area contributed by atoms with Crippen molar-refractivity contribution in [2.24, 2.45) is 0 Å². The van der Waals surface area contributed by atoms with E-state index in [0.29, 0.717) is 43.9 Å². The van der Waals surface area contributed by atoms with E-state index in [-0.39, 0.29) is 23.5 Å². The molecule has 138 valence electrons. The van der Waals surface area contributed by atoms with Crippen molar-refractivity contribution in [1.29, 1.82) is 0 Å². The second-order valence-corrected chi connectivity index (χ2v) is 9.03. The Kier molecular flexibility index (Phi) is 4.44. The SMILES string of the molecule is O=C1c2cc(COc3ccccc3)nn2CCN1C1CCS(=O)(=O)CC1. The molecule has 0 spiro atoms. The van der Waals surface area contributed by atoms with Gasteiger partial charge in [-0.3, -0.25) is 9.48 Å². The van der Waals surface area contributed by atoms with E-state index in [1.807, 2.05) is 35.2 Å². The Labute approximate surface area is 152 Å². The highest BCUT2D eigenvalue weighted by Crippen LogP contribution is 2.23. The van der Waals surface area contributed by atoms with Gasteiger partial charge in [0.05, 0.1) is 18.1 Å². The first-order valence-electron chi connectivity index (χ1n) is 8.78. The number of nitrogens with zero attached hydrogens (tertiary/aromatic N) is 3. The predicted octanol–water partition coefficient (Wildman–Crippen LogP) is 1.50. The van der Waals surface area contributed by atoms with Crippen molar-refractivity contribution in [1.82, 2.24) is 14.7 Å². The summed E-state index contributed by atoms with van der Waals surface area (Å²) in [6.45, 7) is 1.49. The molecule has 26 heavy (non-hydrogen) atoms. The van der Waals surface area contributed by atoms with Crippen LogP contribution in [0.2, 0.25) is 0 Å². The van der Waals surface area contributed by atoms with Crippen molar-refractivity contribution >= 4 is 15.7 Å². The molecule has 2 aliphatic heterocycles. The number of carbonyl (C=O) groups excluding carboxylic acids is 1. The summed E-state index contributed by atoms with van der Waals surface area (Å²) in [5, 5.41) is 4.47. The van der Waals surface area contributed by atoms with Crippen LogP contribution in [0.1, 0.15) is 29.0 Å². The zero-order valence-corrected chi connectivity index (χ0v) is 15.2. The smallest absolute Gasteiger partial charge is 0.272 e. The van der Waals surface area contributed by atoms with Crippen LogP contribution in [0.4, 0.5) is 0 Å². The lowest BCUT2D eigenvalue weighted by Gasteiger charge is -2.36. The molecule has 4 rings (SSSR count). The summed E-state index contributed by atoms with van der Waals surface area (Å²) in [6.07, 6.45) is 1.04. The van der Waals surface area contributed by atoms with Crippen molar-refractivity contribution < 1.29 is 17.9 Å². The number of hydrogen-bond acceptors (Lipinski definition) is 5. The van der Waals surface area contributed by atoms with Crippen LogP contribution in [-0.4, -0.2) is 53.1 Å². The van der Waals surface area contributed by atoms with Crippen LogP contribution in [0.25, 0.3) is 0 Å². The topological polar surface area (TPSA) is 81.5 Å². The maximum atomic E-state index is 12.8. The normalized spacial score (nSPS) is 20.0. The van der Waals surface area contributed by atoms with E-state index < -0.39 is 9.84 Å². The van der Waals surface area contributed by atoms with Gasteiger partial charge in [-0.1, -0.05) is 18.2 Å². The van der Waals surface area contributed by atoms with Gasteiger partial charge >= 0.3 is 0 Å². The second kappa shape index (κ2) is 6.75. The van der Waals surface area contributed by atoms with Gasteiger partial charge in [0, 0.05) is 12.6 Å². The minimum Gasteiger partial charge on any atom is -0.487 e. The van der Waals surface area contributed by atoms with E-state index in [1.165, 1.54) is 0 Å². The first-order valence-corrected chi connectivity index (χ1v) is 10.6. The Morgan fingerprint density at radius 2 is 1.85 bits per heavy atom. The lowest BCUT2D eigenvalue weighted by Crippen LogP contribution is -2.49. The van der Waals surface area contributed by atoms with E-state index in [0.717, 1.165) is 5.75 Å². The van der Waals surface area contributed by atoms with Gasteiger partial charge in [0.2, 0.25) is 0 Å². The number of ether oxygens (including phenoxy) is 1. The summed E-state index contributed by atoms with van der Waals surface area (Å²) in [5.41, 5.74) is 1.27. The van der Waals surface area contributed by atoms with Gasteiger partial charge in [-0.2, -0.15) is 5.10 Å². The molecule has 8 heteroatoms. The molecule has 2 aliphatic rings. The molecule has 0 bridgehead atoms. The standard InChI is InChI=1S/C18H21N3O4S/c22-18-17-12-14(13-25-16-4-2-1-3-5-16)19-21(17)9-8-20(18)15-6-10-26(23,24)11-7-15/h1-5,12,15H,6-11,13H2. The van der Waals surface area contributed by atoms with Crippen LogP contribution >= 0.6 is 0 Å². The maximum Gasteiger partial charge on any atom is 0.272 e. The highest BCUT2D eigenvalue weighted by Gasteiger charge is 2.34. The van der Waals surface area contributed by atoms with Crippen LogP contribution in [0.15, 0.2) is 36.4 Å². The van der Waals surface area contributed by atoms with Crippen LogP contribution in [0, 0.1) is 0 Å². The van der Waals surface area contributed by atoms with E-state index in [4.69, 9.17) is 4.74 Å². The maximum absolute atomic E-state index is 12.8. The highest BCUT2D eigenvalue weighted by molar-refractivity contribution is 7.91. The molecule has 0 N–H and O–H groups in total. The Hall–Kier alpha value is -2.35. The monoisotopic (exact) mass is 375 g/mol. The first kappa shape index (κ1) is 17.1. The number of sulfone groups is 1. The fourth-order valence-electron chi connectivity index (χ4n) is 3.55. The van der Waals surface area contributed by atoms with E-state index in [9.17, 15) is 13.2 Å². The second-order valence-electron chi connectivity index (χ2n) is 6.73. The van der Waals surface area contributed by atoms with Crippen LogP contribution in [-0.2, 0) is 23.0 Å². The molecule has 7 nitrogen and oxygen atoms in total. The van der Waals surface area contributed by atoms with Gasteiger partial charge < -0.3 is 9.64 Å². The Balaban J connectivity index is 1.44. The molecule has 0 aliphatic carbocycles. The third-order valence-corrected chi connectivity index (χ3v) is 6.67. The summed E-state index contributed by atoms with van der Waals surface area (Å²) in [5.74, 6) is 1.02. The summed E-state index contributed by atoms with van der Waals surface area (Å²) in [7, 11) is -2.93. The minimum absolute atomic E-state index is 0.00121. The Morgan fingerprint density at radius 3 is 2.58 bits per heavy atom. The van der Waals surface area contributed by atoms with Crippen LogP contribution in [0.5, 0.6) is 5.75 Å². The quantitative estimate of drug-likeness (QED) is 0.809. The van der Waals surface area contributed by atoms with Gasteiger partial charge in [0.25, 0.3) is 5.91 Å².